The van der Waals surface area contributed by atoms with Gasteiger partial charge in [-0.2, -0.15) is 0 Å². The number of hydrogen-bond donors (Lipinski definition) is 0. The summed E-state index contributed by atoms with van der Waals surface area (Å²) in [5, 5.41) is -0.208. The van der Waals surface area contributed by atoms with Crippen molar-refractivity contribution in [3.05, 3.63) is 34.7 Å². The molecule has 0 bridgehead atoms. The number of para-hydroxylation sites is 1. The van der Waals surface area contributed by atoms with E-state index in [2.05, 4.69) is 0 Å². The van der Waals surface area contributed by atoms with Gasteiger partial charge in [0.05, 0.1) is 15.8 Å². The molecule has 2 atom stereocenters. The number of rotatable bonds is 1. The van der Waals surface area contributed by atoms with Crippen LogP contribution in [0.5, 0.6) is 0 Å². The van der Waals surface area contributed by atoms with Crippen molar-refractivity contribution >= 4 is 17.3 Å². The minimum Gasteiger partial charge on any atom is -0.217 e. The van der Waals surface area contributed by atoms with Gasteiger partial charge in [0.15, 0.2) is 0 Å². The molecule has 68 valence electrons. The smallest absolute Gasteiger partial charge is 0.217 e. The van der Waals surface area contributed by atoms with E-state index in [-0.39, 0.29) is 11.5 Å². The molecule has 0 aliphatic carbocycles. The minimum absolute atomic E-state index is 0.208. The third kappa shape index (κ3) is 1.29. The highest BCUT2D eigenvalue weighted by molar-refractivity contribution is 6.20. The van der Waals surface area contributed by atoms with Gasteiger partial charge in [-0.1, -0.05) is 12.1 Å². The van der Waals surface area contributed by atoms with Crippen molar-refractivity contribution in [1.82, 2.24) is 0 Å². The summed E-state index contributed by atoms with van der Waals surface area (Å²) in [4.78, 5) is 16.8. The summed E-state index contributed by atoms with van der Waals surface area (Å²) >= 11 is 5.89. The van der Waals surface area contributed by atoms with E-state index in [0.29, 0.717) is 10.6 Å². The second-order valence-corrected chi connectivity index (χ2v) is 3.71. The van der Waals surface area contributed by atoms with Gasteiger partial charge >= 0.3 is 5.69 Å². The monoisotopic (exact) mass is 198 g/mol. The summed E-state index contributed by atoms with van der Waals surface area (Å²) in [5.74, 6) is 0. The molecule has 0 radical (unpaired) electrons. The van der Waals surface area contributed by atoms with Crippen molar-refractivity contribution in [3.8, 4) is 0 Å². The van der Waals surface area contributed by atoms with E-state index >= 15 is 0 Å². The Hall–Kier alpha value is -1.09. The summed E-state index contributed by atoms with van der Waals surface area (Å²) in [5.41, 5.74) is 1.42. The molecule has 0 saturated heterocycles. The molecule has 13 heavy (non-hydrogen) atoms. The molecule has 1 heterocycles. The Balaban J connectivity index is 2.47. The lowest BCUT2D eigenvalue weighted by Crippen LogP contribution is -2.09. The molecular formula is C9H9ClNO2+. The summed E-state index contributed by atoms with van der Waals surface area (Å²) in [7, 11) is 0. The van der Waals surface area contributed by atoms with Crippen LogP contribution in [0.25, 0.3) is 0 Å². The minimum atomic E-state index is -0.324. The summed E-state index contributed by atoms with van der Waals surface area (Å²) in [6.45, 7) is 1.81. The van der Waals surface area contributed by atoms with Gasteiger partial charge in [0.1, 0.15) is 0 Å². The van der Waals surface area contributed by atoms with E-state index in [1.54, 1.807) is 12.1 Å². The van der Waals surface area contributed by atoms with Crippen molar-refractivity contribution in [2.24, 2.45) is 0 Å². The number of nitrogens with zero attached hydrogens (tertiary/aromatic N) is 1. The van der Waals surface area contributed by atoms with Crippen molar-refractivity contribution in [2.45, 2.75) is 18.4 Å². The normalized spacial score (nSPS) is 22.3. The lowest BCUT2D eigenvalue weighted by molar-refractivity contribution is -0.745. The number of fused-ring (bicyclic) bond motifs is 1. The number of hydrogen-bond acceptors (Lipinski definition) is 2. The van der Waals surface area contributed by atoms with Crippen molar-refractivity contribution in [1.29, 1.82) is 0 Å². The highest BCUT2D eigenvalue weighted by atomic mass is 35.5. The molecule has 0 N–H and O–H groups in total. The van der Waals surface area contributed by atoms with Gasteiger partial charge in [-0.15, -0.1) is 11.6 Å². The van der Waals surface area contributed by atoms with Gasteiger partial charge in [-0.05, 0) is 13.0 Å². The van der Waals surface area contributed by atoms with Crippen LogP contribution in [0.15, 0.2) is 24.3 Å². The van der Waals surface area contributed by atoms with Gasteiger partial charge < -0.3 is 0 Å². The lowest BCUT2D eigenvalue weighted by atomic mass is 10.1. The first-order valence-corrected chi connectivity index (χ1v) is 4.51. The highest BCUT2D eigenvalue weighted by Crippen LogP contribution is 2.38. The molecule has 4 heteroatoms. The Kier molecular flexibility index (Phi) is 1.96. The van der Waals surface area contributed by atoms with Gasteiger partial charge in [0, 0.05) is 6.07 Å². The molecule has 0 unspecified atom stereocenters. The van der Waals surface area contributed by atoms with Crippen molar-refractivity contribution < 1.29 is 9.76 Å². The van der Waals surface area contributed by atoms with Crippen LogP contribution in [-0.2, 0) is 4.84 Å². The molecule has 0 amide bonds. The molecule has 2 rings (SSSR count). The fourth-order valence-electron chi connectivity index (χ4n) is 1.44. The molecule has 3 nitrogen and oxygen atoms in total. The Labute approximate surface area is 80.8 Å². The molecule has 1 aromatic rings. The van der Waals surface area contributed by atoms with Crippen LogP contribution >= 0.6 is 11.6 Å². The van der Waals surface area contributed by atoms with Crippen molar-refractivity contribution in [2.75, 3.05) is 0 Å². The second kappa shape index (κ2) is 3.00. The largest absolute Gasteiger partial charge is 0.324 e. The molecule has 0 aromatic heterocycles. The van der Waals surface area contributed by atoms with Crippen LogP contribution in [0.3, 0.4) is 0 Å². The maximum absolute atomic E-state index is 11.2. The van der Waals surface area contributed by atoms with Crippen LogP contribution < -0.4 is 0 Å². The first kappa shape index (κ1) is 8.51. The fourth-order valence-corrected chi connectivity index (χ4v) is 1.62. The van der Waals surface area contributed by atoms with Gasteiger partial charge in [-0.3, -0.25) is 0 Å². The molecule has 1 aromatic carbocycles. The third-order valence-electron chi connectivity index (χ3n) is 2.07. The van der Waals surface area contributed by atoms with E-state index in [1.807, 2.05) is 19.1 Å². The van der Waals surface area contributed by atoms with E-state index in [9.17, 15) is 4.91 Å². The van der Waals surface area contributed by atoms with Crippen LogP contribution in [0.2, 0.25) is 0 Å². The summed E-state index contributed by atoms with van der Waals surface area (Å²) in [6, 6.07) is 7.25. The fraction of sp³-hybridized carbons (Fsp3) is 0.333. The maximum atomic E-state index is 11.2. The van der Waals surface area contributed by atoms with Crippen molar-refractivity contribution in [3.63, 3.8) is 0 Å². The molecule has 0 fully saturated rings. The topological polar surface area (TPSA) is 29.3 Å². The summed E-state index contributed by atoms with van der Waals surface area (Å²) < 4.78 is 0. The molecule has 0 saturated carbocycles. The number of benzene rings is 1. The zero-order valence-corrected chi connectivity index (χ0v) is 7.86. The number of halogens is 1. The SMILES string of the molecule is C[C@@H](Cl)[C@H]1O[N+](=O)c2ccccc21. The Morgan fingerprint density at radius 3 is 2.92 bits per heavy atom. The van der Waals surface area contributed by atoms with Crippen LogP contribution in [0, 0.1) is 4.91 Å². The molecular weight excluding hydrogens is 190 g/mol. The first-order valence-electron chi connectivity index (χ1n) is 4.07. The highest BCUT2D eigenvalue weighted by Gasteiger charge is 2.41. The standard InChI is InChI=1S/C9H9ClNO2/c1-6(10)9-7-4-2-3-5-8(7)11(12)13-9/h2-6,9H,1H3/q+1/t6-,9-/m1/s1. The van der Waals surface area contributed by atoms with Gasteiger partial charge in [0.2, 0.25) is 6.10 Å². The first-order chi connectivity index (χ1) is 6.20. The van der Waals surface area contributed by atoms with E-state index < -0.39 is 0 Å². The Morgan fingerprint density at radius 2 is 2.23 bits per heavy atom. The van der Waals surface area contributed by atoms with E-state index in [4.69, 9.17) is 16.4 Å². The zero-order valence-electron chi connectivity index (χ0n) is 7.11. The quantitative estimate of drug-likeness (QED) is 0.650. The third-order valence-corrected chi connectivity index (χ3v) is 2.30. The maximum Gasteiger partial charge on any atom is 0.324 e. The molecule has 0 spiro atoms. The van der Waals surface area contributed by atoms with Crippen LogP contribution in [-0.4, -0.2) is 10.3 Å². The predicted octanol–water partition coefficient (Wildman–Crippen LogP) is 2.71. The zero-order chi connectivity index (χ0) is 9.42. The molecule has 1 aliphatic rings. The molecule has 1 aliphatic heterocycles. The average Bonchev–Trinajstić information content (AvgIpc) is 2.45. The van der Waals surface area contributed by atoms with E-state index in [1.165, 1.54) is 0 Å². The van der Waals surface area contributed by atoms with E-state index in [0.717, 1.165) is 5.56 Å². The van der Waals surface area contributed by atoms with Crippen LogP contribution in [0.4, 0.5) is 5.69 Å². The second-order valence-electron chi connectivity index (χ2n) is 3.02. The van der Waals surface area contributed by atoms with Gasteiger partial charge in [0.25, 0.3) is 4.92 Å². The van der Waals surface area contributed by atoms with Gasteiger partial charge in [-0.25, -0.2) is 4.84 Å². The predicted molar refractivity (Wildman–Crippen MR) is 48.9 cm³/mol. The lowest BCUT2D eigenvalue weighted by Gasteiger charge is -2.04. The summed E-state index contributed by atoms with van der Waals surface area (Å²) in [6.07, 6.45) is -0.324. The Morgan fingerprint density at radius 1 is 1.54 bits per heavy atom. The van der Waals surface area contributed by atoms with Crippen LogP contribution in [0.1, 0.15) is 18.6 Å². The average molecular weight is 199 g/mol. The number of alkyl halides is 1. The Bertz CT molecular complexity index is 351.